The summed E-state index contributed by atoms with van der Waals surface area (Å²) < 4.78 is 22.7. The molecule has 3 aromatic rings. The summed E-state index contributed by atoms with van der Waals surface area (Å²) in [5.74, 6) is 1.04. The van der Waals surface area contributed by atoms with Crippen LogP contribution in [0.1, 0.15) is 97.0 Å². The summed E-state index contributed by atoms with van der Waals surface area (Å²) in [6.07, 6.45) is 6.54. The van der Waals surface area contributed by atoms with Crippen molar-refractivity contribution in [2.75, 3.05) is 25.1 Å². The van der Waals surface area contributed by atoms with E-state index in [1.807, 2.05) is 25.1 Å². The maximum absolute atomic E-state index is 13.2. The fraction of sp³-hybridized carbons (Fsp3) is 0.444. The minimum atomic E-state index is -0.850. The minimum absolute atomic E-state index is 0.260. The van der Waals surface area contributed by atoms with E-state index in [2.05, 4.69) is 29.7 Å². The maximum atomic E-state index is 13.2. The Bertz CT molecular complexity index is 1550. The Kier molecular flexibility index (Phi) is 13.2. The van der Waals surface area contributed by atoms with Gasteiger partial charge in [0.1, 0.15) is 10.8 Å². The van der Waals surface area contributed by atoms with Crippen molar-refractivity contribution in [2.24, 2.45) is 11.0 Å². The van der Waals surface area contributed by atoms with Crippen LogP contribution < -0.4 is 25.0 Å². The number of carbonyl (C=O) groups excluding carboxylic acids is 3. The molecule has 1 aliphatic carbocycles. The van der Waals surface area contributed by atoms with Gasteiger partial charge < -0.3 is 24.3 Å². The number of rotatable bonds is 16. The largest absolute Gasteiger partial charge is 0.490 e. The van der Waals surface area contributed by atoms with Crippen molar-refractivity contribution in [1.82, 2.24) is 5.43 Å². The second-order valence-electron chi connectivity index (χ2n) is 11.4. The topological polar surface area (TPSA) is 125 Å². The van der Waals surface area contributed by atoms with E-state index in [0.29, 0.717) is 52.5 Å². The molecule has 47 heavy (non-hydrogen) atoms. The highest BCUT2D eigenvalue weighted by atomic mass is 32.1. The molecule has 1 aromatic heterocycles. The van der Waals surface area contributed by atoms with Crippen molar-refractivity contribution >= 4 is 40.3 Å². The molecule has 0 aliphatic heterocycles. The van der Waals surface area contributed by atoms with E-state index >= 15 is 0 Å². The Morgan fingerprint density at radius 2 is 1.81 bits per heavy atom. The number of ether oxygens (including phenoxy) is 4. The molecular formula is C36H45N3O7S. The number of hydrazone groups is 1. The van der Waals surface area contributed by atoms with E-state index in [4.69, 9.17) is 18.9 Å². The molecule has 1 aliphatic rings. The molecule has 2 aromatic carbocycles. The monoisotopic (exact) mass is 663 g/mol. The fourth-order valence-electron chi connectivity index (χ4n) is 5.16. The van der Waals surface area contributed by atoms with Crippen LogP contribution in [0.2, 0.25) is 0 Å². The molecule has 11 heteroatoms. The molecule has 0 radical (unpaired) electrons. The van der Waals surface area contributed by atoms with Gasteiger partial charge in [-0.25, -0.2) is 10.2 Å². The summed E-state index contributed by atoms with van der Waals surface area (Å²) in [5.41, 5.74) is 5.08. The zero-order valence-corrected chi connectivity index (χ0v) is 28.7. The average molecular weight is 664 g/mol. The van der Waals surface area contributed by atoms with Crippen LogP contribution in [0.15, 0.2) is 47.6 Å². The smallest absolute Gasteiger partial charge is 0.341 e. The van der Waals surface area contributed by atoms with Gasteiger partial charge in [-0.15, -0.1) is 11.3 Å². The molecule has 0 spiro atoms. The van der Waals surface area contributed by atoms with Crippen molar-refractivity contribution in [2.45, 2.75) is 79.2 Å². The summed E-state index contributed by atoms with van der Waals surface area (Å²) in [6, 6.07) is 12.0. The van der Waals surface area contributed by atoms with Crippen LogP contribution in [-0.4, -0.2) is 49.9 Å². The molecule has 0 fully saturated rings. The van der Waals surface area contributed by atoms with Crippen molar-refractivity contribution < 1.29 is 33.3 Å². The normalized spacial score (nSPS) is 14.6. The number of benzene rings is 2. The first-order valence-electron chi connectivity index (χ1n) is 16.4. The summed E-state index contributed by atoms with van der Waals surface area (Å²) in [5, 5.41) is 7.51. The summed E-state index contributed by atoms with van der Waals surface area (Å²) >= 11 is 1.44. The molecule has 2 atom stereocenters. The Morgan fingerprint density at radius 3 is 2.53 bits per heavy atom. The van der Waals surface area contributed by atoms with E-state index < -0.39 is 18.0 Å². The fourth-order valence-corrected chi connectivity index (χ4v) is 6.56. The van der Waals surface area contributed by atoms with Crippen molar-refractivity contribution in [3.63, 3.8) is 0 Å². The van der Waals surface area contributed by atoms with Crippen LogP contribution in [0.5, 0.6) is 17.2 Å². The molecule has 0 saturated carbocycles. The molecule has 0 bridgehead atoms. The highest BCUT2D eigenvalue weighted by Crippen LogP contribution is 2.40. The highest BCUT2D eigenvalue weighted by molar-refractivity contribution is 7.17. The number of unbranched alkanes of at least 4 members (excludes halogenated alkanes) is 2. The van der Waals surface area contributed by atoms with Gasteiger partial charge in [-0.1, -0.05) is 26.7 Å². The molecule has 0 saturated heterocycles. The van der Waals surface area contributed by atoms with Gasteiger partial charge >= 0.3 is 5.97 Å². The molecule has 2 amide bonds. The van der Waals surface area contributed by atoms with Crippen LogP contribution >= 0.6 is 11.3 Å². The number of thiophene rings is 1. The number of nitrogens with zero attached hydrogens (tertiary/aromatic N) is 1. The van der Waals surface area contributed by atoms with Crippen LogP contribution in [0, 0.1) is 5.92 Å². The number of anilines is 1. The third kappa shape index (κ3) is 9.81. The number of hydrogen-bond acceptors (Lipinski definition) is 9. The molecule has 1 heterocycles. The van der Waals surface area contributed by atoms with Crippen molar-refractivity contribution in [1.29, 1.82) is 0 Å². The van der Waals surface area contributed by atoms with E-state index in [1.165, 1.54) is 17.6 Å². The maximum Gasteiger partial charge on any atom is 0.341 e. The lowest BCUT2D eigenvalue weighted by molar-refractivity contribution is -0.127. The summed E-state index contributed by atoms with van der Waals surface area (Å²) in [6.45, 7) is 11.0. The number of nitrogens with one attached hydrogen (secondary N) is 2. The number of fused-ring (bicyclic) bond motifs is 1. The van der Waals surface area contributed by atoms with Gasteiger partial charge in [-0.2, -0.15) is 5.10 Å². The third-order valence-corrected chi connectivity index (χ3v) is 8.85. The Morgan fingerprint density at radius 1 is 1.02 bits per heavy atom. The average Bonchev–Trinajstić information content (AvgIpc) is 3.41. The summed E-state index contributed by atoms with van der Waals surface area (Å²) in [4.78, 5) is 39.7. The molecule has 4 rings (SSSR count). The quantitative estimate of drug-likeness (QED) is 0.0720. The predicted octanol–water partition coefficient (Wildman–Crippen LogP) is 7.19. The van der Waals surface area contributed by atoms with Gasteiger partial charge in [-0.05, 0) is 106 Å². The van der Waals surface area contributed by atoms with Crippen LogP contribution in [-0.2, 0) is 22.4 Å². The van der Waals surface area contributed by atoms with E-state index in [0.717, 1.165) is 54.5 Å². The zero-order chi connectivity index (χ0) is 33.8. The van der Waals surface area contributed by atoms with Crippen LogP contribution in [0.25, 0.3) is 0 Å². The molecular weight excluding hydrogens is 618 g/mol. The van der Waals surface area contributed by atoms with Crippen LogP contribution in [0.3, 0.4) is 0 Å². The first-order chi connectivity index (χ1) is 22.7. The van der Waals surface area contributed by atoms with Gasteiger partial charge in [0, 0.05) is 10.4 Å². The number of carbonyl (C=O) groups is 3. The highest BCUT2D eigenvalue weighted by Gasteiger charge is 2.29. The number of amides is 2. The van der Waals surface area contributed by atoms with Gasteiger partial charge in [-0.3, -0.25) is 9.59 Å². The van der Waals surface area contributed by atoms with Gasteiger partial charge in [0.2, 0.25) is 0 Å². The Hall–Kier alpha value is -4.38. The minimum Gasteiger partial charge on any atom is -0.490 e. The SMILES string of the molecule is CCCCCOc1ccc(/C=N\NC(=O)[C@@H](C)Oc2ccc(C(=O)Nc3sc4c(c3C(=O)OCC)CC[C@@H](C)C4)cc2)cc1OCC. The Balaban J connectivity index is 1.32. The lowest BCUT2D eigenvalue weighted by Gasteiger charge is -2.18. The van der Waals surface area contributed by atoms with Gasteiger partial charge in [0.25, 0.3) is 11.8 Å². The standard InChI is InChI=1S/C36H45N3O7S/c1-6-9-10-19-45-29-18-12-25(21-30(29)43-7-2)22-37-39-33(40)24(5)46-27-15-13-26(14-16-27)34(41)38-35-32(36(42)44-8-3)28-17-11-23(4)20-31(28)47-35/h12-16,18,21-24H,6-11,17,19-20H2,1-5H3,(H,38,41)(H,39,40)/b37-22-/t23-,24-/m1/s1. The third-order valence-electron chi connectivity index (χ3n) is 7.68. The van der Waals surface area contributed by atoms with Gasteiger partial charge in [0.05, 0.1) is 31.6 Å². The van der Waals surface area contributed by atoms with Crippen LogP contribution in [0.4, 0.5) is 5.00 Å². The molecule has 0 unspecified atom stereocenters. The first kappa shape index (κ1) is 35.5. The van der Waals surface area contributed by atoms with Gasteiger partial charge in [0.15, 0.2) is 17.6 Å². The zero-order valence-electron chi connectivity index (χ0n) is 27.9. The lowest BCUT2D eigenvalue weighted by Crippen LogP contribution is -2.33. The summed E-state index contributed by atoms with van der Waals surface area (Å²) in [7, 11) is 0. The molecule has 252 valence electrons. The van der Waals surface area contributed by atoms with E-state index in [-0.39, 0.29) is 12.5 Å². The number of esters is 1. The van der Waals surface area contributed by atoms with Crippen molar-refractivity contribution in [3.05, 3.63) is 69.6 Å². The van der Waals surface area contributed by atoms with E-state index in [9.17, 15) is 14.4 Å². The number of hydrogen-bond donors (Lipinski definition) is 2. The predicted molar refractivity (Wildman–Crippen MR) is 184 cm³/mol. The lowest BCUT2D eigenvalue weighted by atomic mass is 9.88. The van der Waals surface area contributed by atoms with Crippen molar-refractivity contribution in [3.8, 4) is 17.2 Å². The first-order valence-corrected chi connectivity index (χ1v) is 17.2. The molecule has 10 nitrogen and oxygen atoms in total. The second-order valence-corrected chi connectivity index (χ2v) is 12.5. The van der Waals surface area contributed by atoms with E-state index in [1.54, 1.807) is 38.1 Å². The molecule has 2 N–H and O–H groups in total. The Labute approximate surface area is 280 Å². The second kappa shape index (κ2) is 17.5.